The van der Waals surface area contributed by atoms with Gasteiger partial charge in [-0.1, -0.05) is 12.1 Å². The number of carbonyl (C=O) groups is 2. The minimum atomic E-state index is -0.771. The number of hydrogen-bond acceptors (Lipinski definition) is 6. The van der Waals surface area contributed by atoms with Crippen LogP contribution in [0.3, 0.4) is 0 Å². The third-order valence-corrected chi connectivity index (χ3v) is 4.40. The molecule has 0 aliphatic heterocycles. The van der Waals surface area contributed by atoms with Crippen molar-refractivity contribution >= 4 is 28.8 Å². The first-order valence-corrected chi connectivity index (χ1v) is 9.27. The van der Waals surface area contributed by atoms with Crippen LogP contribution in [0.2, 0.25) is 0 Å². The molecule has 9 nitrogen and oxygen atoms in total. The summed E-state index contributed by atoms with van der Waals surface area (Å²) in [6, 6.07) is 13.9. The Bertz CT molecular complexity index is 1320. The molecule has 0 aliphatic carbocycles. The van der Waals surface area contributed by atoms with Crippen LogP contribution < -0.4 is 11.1 Å². The molecule has 31 heavy (non-hydrogen) atoms. The fourth-order valence-corrected chi connectivity index (χ4v) is 3.03. The maximum Gasteiger partial charge on any atom is 0.420 e. The number of aromatic nitrogens is 3. The number of aryl methyl sites for hydroxylation is 1. The first-order chi connectivity index (χ1) is 14.9. The van der Waals surface area contributed by atoms with Crippen molar-refractivity contribution in [2.45, 2.75) is 13.5 Å². The lowest BCUT2D eigenvalue weighted by Crippen LogP contribution is -2.26. The smallest absolute Gasteiger partial charge is 0.420 e. The normalized spacial score (nSPS) is 10.9. The third kappa shape index (κ3) is 4.37. The lowest BCUT2D eigenvalue weighted by atomic mass is 10.3. The monoisotopic (exact) mass is 424 g/mol. The zero-order valence-corrected chi connectivity index (χ0v) is 16.4. The molecule has 0 spiro atoms. The Hall–Kier alpha value is -4.21. The SMILES string of the molecule is Cc1cc(NC(=O)COC(=O)Cn2c(=O)oc3ccccc32)n(-c2ccc(F)cc2)n1. The van der Waals surface area contributed by atoms with E-state index in [2.05, 4.69) is 10.4 Å². The Morgan fingerprint density at radius 1 is 1.16 bits per heavy atom. The molecule has 10 heteroatoms. The summed E-state index contributed by atoms with van der Waals surface area (Å²) >= 11 is 0. The molecule has 0 atom stereocenters. The molecule has 1 amide bonds. The molecule has 0 bridgehead atoms. The van der Waals surface area contributed by atoms with Crippen LogP contribution in [0.25, 0.3) is 16.8 Å². The Balaban J connectivity index is 1.40. The average molecular weight is 424 g/mol. The molecule has 0 aliphatic rings. The summed E-state index contributed by atoms with van der Waals surface area (Å²) in [5, 5.41) is 6.87. The van der Waals surface area contributed by atoms with E-state index in [1.165, 1.54) is 28.9 Å². The first kappa shape index (κ1) is 20.1. The summed E-state index contributed by atoms with van der Waals surface area (Å²) in [4.78, 5) is 36.3. The Morgan fingerprint density at radius 2 is 1.90 bits per heavy atom. The fraction of sp³-hybridized carbons (Fsp3) is 0.143. The Morgan fingerprint density at radius 3 is 2.68 bits per heavy atom. The number of benzene rings is 2. The molecule has 1 N–H and O–H groups in total. The minimum absolute atomic E-state index is 0.335. The molecular weight excluding hydrogens is 407 g/mol. The highest BCUT2D eigenvalue weighted by Gasteiger charge is 2.16. The van der Waals surface area contributed by atoms with Crippen molar-refractivity contribution in [3.63, 3.8) is 0 Å². The molecule has 2 heterocycles. The highest BCUT2D eigenvalue weighted by Crippen LogP contribution is 2.17. The topological polar surface area (TPSA) is 108 Å². The van der Waals surface area contributed by atoms with Crippen LogP contribution in [0.1, 0.15) is 5.69 Å². The Labute approximate surface area is 174 Å². The number of hydrogen-bond donors (Lipinski definition) is 1. The Kier molecular flexibility index (Phi) is 5.35. The molecule has 0 fully saturated rings. The number of oxazole rings is 1. The van der Waals surface area contributed by atoms with Crippen LogP contribution in [0, 0.1) is 12.7 Å². The number of para-hydroxylation sites is 2. The lowest BCUT2D eigenvalue weighted by molar-refractivity contribution is -0.147. The second-order valence-corrected chi connectivity index (χ2v) is 6.69. The van der Waals surface area contributed by atoms with E-state index >= 15 is 0 Å². The minimum Gasteiger partial charge on any atom is -0.454 e. The van der Waals surface area contributed by atoms with Crippen LogP contribution in [-0.2, 0) is 20.9 Å². The largest absolute Gasteiger partial charge is 0.454 e. The number of rotatable bonds is 6. The molecule has 2 aromatic heterocycles. The van der Waals surface area contributed by atoms with E-state index in [-0.39, 0.29) is 0 Å². The van der Waals surface area contributed by atoms with Crippen molar-refractivity contribution in [3.8, 4) is 5.69 Å². The zero-order chi connectivity index (χ0) is 22.0. The molecule has 0 saturated carbocycles. The molecule has 0 radical (unpaired) electrons. The summed E-state index contributed by atoms with van der Waals surface area (Å²) in [6.45, 7) is 0.787. The van der Waals surface area contributed by atoms with E-state index in [9.17, 15) is 18.8 Å². The van der Waals surface area contributed by atoms with Gasteiger partial charge in [-0.15, -0.1) is 0 Å². The number of nitrogens with zero attached hydrogens (tertiary/aromatic N) is 3. The van der Waals surface area contributed by atoms with E-state index in [1.54, 1.807) is 37.3 Å². The summed E-state index contributed by atoms with van der Waals surface area (Å²) < 4.78 is 25.8. The van der Waals surface area contributed by atoms with E-state index in [4.69, 9.17) is 9.15 Å². The van der Waals surface area contributed by atoms with Crippen molar-refractivity contribution < 1.29 is 23.1 Å². The quantitative estimate of drug-likeness (QED) is 0.476. The molecule has 0 saturated heterocycles. The van der Waals surface area contributed by atoms with Gasteiger partial charge < -0.3 is 14.5 Å². The highest BCUT2D eigenvalue weighted by atomic mass is 19.1. The predicted octanol–water partition coefficient (Wildman–Crippen LogP) is 2.41. The van der Waals surface area contributed by atoms with Crippen LogP contribution in [-0.4, -0.2) is 32.8 Å². The van der Waals surface area contributed by atoms with Crippen molar-refractivity contribution in [1.82, 2.24) is 14.3 Å². The van der Waals surface area contributed by atoms with E-state index in [0.29, 0.717) is 28.3 Å². The number of carbonyl (C=O) groups excluding carboxylic acids is 2. The van der Waals surface area contributed by atoms with Crippen LogP contribution in [0.5, 0.6) is 0 Å². The van der Waals surface area contributed by atoms with E-state index < -0.39 is 36.6 Å². The van der Waals surface area contributed by atoms with Gasteiger partial charge in [-0.3, -0.25) is 14.2 Å². The van der Waals surface area contributed by atoms with Crippen molar-refractivity contribution in [3.05, 3.63) is 76.7 Å². The van der Waals surface area contributed by atoms with Gasteiger partial charge in [0.15, 0.2) is 12.2 Å². The van der Waals surface area contributed by atoms with Crippen LogP contribution in [0.4, 0.5) is 10.2 Å². The molecule has 158 valence electrons. The summed E-state index contributed by atoms with van der Waals surface area (Å²) in [6.07, 6.45) is 0. The van der Waals surface area contributed by atoms with Gasteiger partial charge in [-0.2, -0.15) is 5.10 Å². The maximum atomic E-state index is 13.2. The number of anilines is 1. The van der Waals surface area contributed by atoms with Gasteiger partial charge in [0.1, 0.15) is 18.2 Å². The zero-order valence-electron chi connectivity index (χ0n) is 16.4. The molecule has 4 aromatic rings. The molecular formula is C21H17FN4O5. The van der Waals surface area contributed by atoms with Gasteiger partial charge >= 0.3 is 11.7 Å². The second kappa shape index (κ2) is 8.27. The first-order valence-electron chi connectivity index (χ1n) is 9.27. The number of ether oxygens (including phenoxy) is 1. The van der Waals surface area contributed by atoms with Gasteiger partial charge in [0.25, 0.3) is 5.91 Å². The lowest BCUT2D eigenvalue weighted by Gasteiger charge is -2.09. The second-order valence-electron chi connectivity index (χ2n) is 6.69. The molecule has 0 unspecified atom stereocenters. The predicted molar refractivity (Wildman–Crippen MR) is 108 cm³/mol. The van der Waals surface area contributed by atoms with Crippen molar-refractivity contribution in [2.24, 2.45) is 0 Å². The standard InChI is InChI=1S/C21H17FN4O5/c1-13-10-18(26(24-13)15-8-6-14(22)7-9-15)23-19(27)12-30-20(28)11-25-16-4-2-3-5-17(16)31-21(25)29/h2-10H,11-12H2,1H3,(H,23,27). The van der Waals surface area contributed by atoms with Crippen molar-refractivity contribution in [1.29, 1.82) is 0 Å². The highest BCUT2D eigenvalue weighted by molar-refractivity contribution is 5.92. The number of fused-ring (bicyclic) bond motifs is 1. The number of nitrogens with one attached hydrogen (secondary N) is 1. The number of halogens is 1. The van der Waals surface area contributed by atoms with E-state index in [1.807, 2.05) is 0 Å². The van der Waals surface area contributed by atoms with Crippen molar-refractivity contribution in [2.75, 3.05) is 11.9 Å². The fourth-order valence-electron chi connectivity index (χ4n) is 3.03. The summed E-state index contributed by atoms with van der Waals surface area (Å²) in [5.74, 6) is -2.12. The molecule has 4 rings (SSSR count). The molecule has 2 aromatic carbocycles. The summed E-state index contributed by atoms with van der Waals surface area (Å²) in [5.41, 5.74) is 1.98. The van der Waals surface area contributed by atoms with Gasteiger partial charge in [-0.05, 0) is 43.3 Å². The van der Waals surface area contributed by atoms with E-state index in [0.717, 1.165) is 4.57 Å². The number of esters is 1. The third-order valence-electron chi connectivity index (χ3n) is 4.40. The van der Waals surface area contributed by atoms with Gasteiger partial charge in [0.2, 0.25) is 0 Å². The number of amides is 1. The van der Waals surface area contributed by atoms with Gasteiger partial charge in [0, 0.05) is 6.07 Å². The van der Waals surface area contributed by atoms with Crippen LogP contribution >= 0.6 is 0 Å². The summed E-state index contributed by atoms with van der Waals surface area (Å²) in [7, 11) is 0. The van der Waals surface area contributed by atoms with Crippen LogP contribution in [0.15, 0.2) is 63.8 Å². The average Bonchev–Trinajstić information content (AvgIpc) is 3.26. The van der Waals surface area contributed by atoms with Gasteiger partial charge in [0.05, 0.1) is 16.9 Å². The van der Waals surface area contributed by atoms with Gasteiger partial charge in [-0.25, -0.2) is 13.9 Å². The maximum absolute atomic E-state index is 13.2.